The molecule has 30 nitrogen and oxygen atoms in total. The number of anilines is 5. The van der Waals surface area contributed by atoms with E-state index in [0.717, 1.165) is 99.4 Å². The quantitative estimate of drug-likeness (QED) is 0.0208. The van der Waals surface area contributed by atoms with Crippen molar-refractivity contribution in [2.45, 2.75) is 66.2 Å². The third-order valence-electron chi connectivity index (χ3n) is 19.4. The van der Waals surface area contributed by atoms with Gasteiger partial charge in [0, 0.05) is 139 Å². The largest absolute Gasteiger partial charge is 0 e. The van der Waals surface area contributed by atoms with Crippen LogP contribution in [0, 0.1) is 24.3 Å². The fraction of sp³-hybridized carbons (Fsp3) is 0.298. The number of aryl methyl sites for hydroxylation is 3. The Morgan fingerprint density at radius 3 is 1.26 bits per heavy atom. The monoisotopic (exact) mass is 2190 g/mol. The number of ether oxygens (including phenoxy) is 4. The third kappa shape index (κ3) is 26.2. The predicted molar refractivity (Wildman–Crippen MR) is 486 cm³/mol. The molecule has 1 radical (unpaired) electrons. The van der Waals surface area contributed by atoms with Gasteiger partial charge in [-0.3, -0.25) is 24.6 Å². The van der Waals surface area contributed by atoms with E-state index in [0.29, 0.717) is 167 Å². The number of hydrazone groups is 1. The number of hydrogen-bond acceptors (Lipinski definition) is 22. The number of aromatic nitrogens is 4. The van der Waals surface area contributed by atoms with Crippen LogP contribution >= 0.6 is 96.7 Å². The van der Waals surface area contributed by atoms with Crippen molar-refractivity contribution < 1.29 is 95.0 Å². The first kappa shape index (κ1) is 97.3. The number of morpholine rings is 2. The molecule has 0 aliphatic carbocycles. The Balaban J connectivity index is 0.000000236. The number of benzene rings is 7. The van der Waals surface area contributed by atoms with Crippen molar-refractivity contribution in [1.82, 2.24) is 29.4 Å². The van der Waals surface area contributed by atoms with E-state index in [1.807, 2.05) is 125 Å². The molecule has 121 heavy (non-hydrogen) atoms. The molecule has 8 heterocycles. The number of azo groups is 2. The fourth-order valence-electron chi connectivity index (χ4n) is 13.6. The number of nitrogens with one attached hydrogen (secondary N) is 1. The number of carbonyl (C=O) groups excluding carboxylic acids is 8. The molecule has 1 N–H and O–H groups in total. The second-order valence-corrected chi connectivity index (χ2v) is 43.2. The zero-order chi connectivity index (χ0) is 86.2. The van der Waals surface area contributed by atoms with Gasteiger partial charge >= 0.3 is 61.7 Å². The average Bonchev–Trinajstić information content (AvgIpc) is 1.62. The molecule has 6 aliphatic heterocycles. The fourth-order valence-corrected chi connectivity index (χ4v) is 13.6. The summed E-state index contributed by atoms with van der Waals surface area (Å²) < 4.78 is 25.8. The van der Waals surface area contributed by atoms with Gasteiger partial charge in [0.1, 0.15) is 39.4 Å². The van der Waals surface area contributed by atoms with E-state index in [1.54, 1.807) is 128 Å². The number of hydrogen-bond donors (Lipinski definition) is 1. The zero-order valence-corrected chi connectivity index (χ0v) is 79.1. The van der Waals surface area contributed by atoms with Gasteiger partial charge in [-0.2, -0.15) is 34.5 Å². The summed E-state index contributed by atoms with van der Waals surface area (Å²) in [5, 5.41) is 48.4. The van der Waals surface area contributed by atoms with Crippen LogP contribution in [0.1, 0.15) is 82.2 Å². The molecule has 4 amide bonds. The molecule has 7 aromatic carbocycles. The molecule has 9 aromatic rings. The summed E-state index contributed by atoms with van der Waals surface area (Å²) in [7, 11) is 3.88. The third-order valence-corrected chi connectivity index (χ3v) is 19.8. The van der Waals surface area contributed by atoms with E-state index < -0.39 is 0 Å². The first-order valence-corrected chi connectivity index (χ1v) is 50.4. The van der Waals surface area contributed by atoms with Crippen molar-refractivity contribution in [3.8, 4) is 22.9 Å². The summed E-state index contributed by atoms with van der Waals surface area (Å²) in [6, 6.07) is 50.8. The topological polar surface area (TPSA) is 330 Å². The van der Waals surface area contributed by atoms with Crippen LogP contribution in [-0.4, -0.2) is 176 Å². The average molecular weight is 2190 g/mol. The van der Waals surface area contributed by atoms with Crippen LogP contribution in [0.2, 0.25) is 0 Å². The van der Waals surface area contributed by atoms with Gasteiger partial charge in [-0.1, -0.05) is 110 Å². The molecular weight excluding hydrogens is 2100 g/mol. The smallest absolute Gasteiger partial charge is 0 e. The van der Waals surface area contributed by atoms with Gasteiger partial charge in [-0.25, -0.2) is 9.36 Å². The molecule has 0 bridgehead atoms. The van der Waals surface area contributed by atoms with E-state index in [2.05, 4.69) is 116 Å². The minimum Gasteiger partial charge on any atom is 0 e. The first-order valence-electron chi connectivity index (χ1n) is 37.9. The van der Waals surface area contributed by atoms with Crippen LogP contribution in [-0.2, 0) is 85.5 Å². The number of nitrogens with zero attached hydrogens (tertiary/aromatic N) is 15. The molecular formula is C84H87ClI4N16O14V2. The maximum atomic E-state index is 14.0. The van der Waals surface area contributed by atoms with Crippen molar-refractivity contribution in [3.05, 3.63) is 243 Å². The van der Waals surface area contributed by atoms with Crippen molar-refractivity contribution in [2.24, 2.45) is 15.3 Å². The SMILES string of the molecule is CC/C(Cl)=N/Nc1ccc(OC)cc1.CCc1nn(-c2ccc(OC)cc2)c2c1CCN(c1ccc(N=[N+]([O-])c3ccc(N4CCc5c(C)nn(-c6ccc(C)cc6)c5C4=O)cc3)cc1)C2=O.ICI.O=C1C(N2CCOCC2)=CCCN1c1ccc(N=[N+]([O-])c2ccc(N3CCC=C(N4CCOCC4)C3=O)cc2)cc1.O=C=O.O=C=O.[I][V][I].[V]. The molecule has 15 rings (SSSR count). The minimum atomic E-state index is -0.136. The second-order valence-electron chi connectivity index (χ2n) is 26.5. The van der Waals surface area contributed by atoms with Crippen LogP contribution in [0.25, 0.3) is 11.4 Å². The van der Waals surface area contributed by atoms with E-state index >= 15 is 0 Å². The Morgan fingerprint density at radius 2 is 0.868 bits per heavy atom. The van der Waals surface area contributed by atoms with Crippen molar-refractivity contribution >= 4 is 189 Å². The predicted octanol–water partition coefficient (Wildman–Crippen LogP) is 16.6. The van der Waals surface area contributed by atoms with Gasteiger partial charge < -0.3 is 58.8 Å². The summed E-state index contributed by atoms with van der Waals surface area (Å²) in [6.07, 6.45) is 8.87. The molecule has 0 saturated carbocycles. The molecule has 0 atom stereocenters. The second kappa shape index (κ2) is 49.8. The molecule has 37 heteroatoms. The summed E-state index contributed by atoms with van der Waals surface area (Å²) in [5.74, 6) is 1.22. The number of rotatable bonds is 18. The standard InChI is InChI=1S/C41H38N8O4.C30H34N6O5.C10H13ClN2O.CH2I2.2CO2.2HI.2V/c1-5-37-36-23-25-46(41(51)39(36)48(44-37)32-18-20-34(53-4)21-19-32)29-12-8-28(9-13-29)43-49(52)33-16-14-30(15-17-33)45-24-22-35-27(3)42-47(38(35)40(45)50)31-10-6-26(2)7-11-31;37-29-27(32-15-19-40-20-16-32)3-1-13-34(29)24-7-5-23(6-8-24)31-36(39)26-11-9-25(10-12-26)35-14-2-4-28(30(35)38)33-17-21-41-22-18-33;1-3-10(11)13-12-8-4-6-9(14-2)7-5-8;3*2-1-3;;;;/h6-21H,5,22-25H2,1-4H3;3-12H,1-2,13-22H2;4-7,12H,3H2,1-2H3;1H2;;;2*1H;;/q;;;;;;;;;+2/p-2/b;;13-10-;;;;;;;. The van der Waals surface area contributed by atoms with Crippen LogP contribution < -0.4 is 34.5 Å². The number of carbonyl (C=O) groups is 4. The Labute approximate surface area is 773 Å². The van der Waals surface area contributed by atoms with E-state index in [1.165, 1.54) is 2.43 Å². The zero-order valence-electron chi connectivity index (χ0n) is 67.0. The van der Waals surface area contributed by atoms with Crippen molar-refractivity contribution in [1.29, 1.82) is 0 Å². The van der Waals surface area contributed by atoms with Crippen LogP contribution in [0.4, 0.5) is 51.2 Å². The molecule has 632 valence electrons. The molecule has 0 spiro atoms. The van der Waals surface area contributed by atoms with Crippen LogP contribution in [0.5, 0.6) is 11.5 Å². The Kier molecular flexibility index (Phi) is 40.1. The Hall–Kier alpha value is -9.15. The Bertz CT molecular complexity index is 5170. The number of alkyl halides is 2. The Morgan fingerprint density at radius 1 is 0.521 bits per heavy atom. The van der Waals surface area contributed by atoms with Gasteiger partial charge in [-0.05, 0) is 186 Å². The summed E-state index contributed by atoms with van der Waals surface area (Å²) in [6.45, 7) is 15.5. The molecule has 2 fully saturated rings. The van der Waals surface area contributed by atoms with E-state index in [-0.39, 0.29) is 54.5 Å². The number of fused-ring (bicyclic) bond motifs is 2. The van der Waals surface area contributed by atoms with Gasteiger partial charge in [0.05, 0.1) is 82.9 Å². The van der Waals surface area contributed by atoms with Crippen molar-refractivity contribution in [3.63, 3.8) is 0 Å². The maximum Gasteiger partial charge on any atom is 0 e. The van der Waals surface area contributed by atoms with Gasteiger partial charge in [0.2, 0.25) is 11.4 Å². The first-order chi connectivity index (χ1) is 58.2. The number of methoxy groups -OCH3 is 2. The molecule has 0 unspecified atom stereocenters. The van der Waals surface area contributed by atoms with Gasteiger partial charge in [0.15, 0.2) is 0 Å². The van der Waals surface area contributed by atoms with Crippen molar-refractivity contribution in [2.75, 3.05) is 120 Å². The van der Waals surface area contributed by atoms with Crippen LogP contribution in [0.3, 0.4) is 0 Å². The van der Waals surface area contributed by atoms with E-state index in [4.69, 9.17) is 59.9 Å². The molecule has 2 saturated heterocycles. The molecule has 6 aliphatic rings. The molecule has 2 aromatic heterocycles. The summed E-state index contributed by atoms with van der Waals surface area (Å²) in [5.41, 5.74) is 17.2. The maximum absolute atomic E-state index is 14.0. The summed E-state index contributed by atoms with van der Waals surface area (Å²) >= 11 is 15.0. The number of halogens is 5. The van der Waals surface area contributed by atoms with Gasteiger partial charge in [0.25, 0.3) is 23.6 Å². The summed E-state index contributed by atoms with van der Waals surface area (Å²) in [4.78, 5) is 99.0. The number of amides is 4. The normalized spacial score (nSPS) is 15.0. The van der Waals surface area contributed by atoms with Gasteiger partial charge in [-0.15, -0.1) is 0 Å². The minimum absolute atomic E-state index is 0. The van der Waals surface area contributed by atoms with E-state index in [9.17, 15) is 29.6 Å². The van der Waals surface area contributed by atoms with Crippen LogP contribution in [0.15, 0.2) is 209 Å².